The molecule has 0 atom stereocenters. The van der Waals surface area contributed by atoms with Crippen LogP contribution in [-0.4, -0.2) is 27.2 Å². The molecule has 0 amide bonds. The summed E-state index contributed by atoms with van der Waals surface area (Å²) in [7, 11) is 0. The molecule has 83 heavy (non-hydrogen) atoms. The van der Waals surface area contributed by atoms with Gasteiger partial charge in [-0.3, -0.25) is 0 Å². The van der Waals surface area contributed by atoms with Crippen molar-refractivity contribution in [2.24, 2.45) is 0 Å². The Morgan fingerprint density at radius 2 is 1.06 bits per heavy atom. The number of fused-ring (bicyclic) bond motifs is 10. The van der Waals surface area contributed by atoms with E-state index in [4.69, 9.17) is 11.1 Å². The first kappa shape index (κ1) is 46.5. The predicted molar refractivity (Wildman–Crippen MR) is 341 cm³/mol. The van der Waals surface area contributed by atoms with Crippen LogP contribution in [-0.2, 0) is 26.5 Å². The first-order valence-corrected chi connectivity index (χ1v) is 31.8. The van der Waals surface area contributed by atoms with E-state index in [-0.39, 0.29) is 44.1 Å². The average Bonchev–Trinajstić information content (AvgIpc) is 1.92. The number of rotatable bonds is 9. The average molecular weight is 1310 g/mol. The zero-order chi connectivity index (χ0) is 59.3. The Balaban J connectivity index is 0.00000680. The summed E-state index contributed by atoms with van der Waals surface area (Å²) >= 11 is -4.25. The minimum atomic E-state index is -4.25. The maximum Gasteiger partial charge on any atom is 0 e. The number of imidazole rings is 1. The molecule has 15 aromatic rings. The normalized spacial score (nSPS) is 12.8. The number of ether oxygens (including phenoxy) is 1. The van der Waals surface area contributed by atoms with Crippen molar-refractivity contribution < 1.29 is 37.2 Å². The standard InChI is InChI=1S/C76H54GeN4O.Pt/c1-76(2,3)53-44-45-78-73(46-53)81-70-40-21-20-38-65(70)66-43-42-60(50-72(66)81)82-59-33-22-32-58(49-59)79-51-80-74-68(52-24-8-4-9-25-52)47-57(77(54-26-10-5-11-27-54,55-28-12-6-13-29-55)56-30-14-7-15-31-56)48-69(74)64-37-19-17-35-62(64)61-34-16-18-36-63(61)67-39-23-41-71(79)75(67)80;/h4-48H,1-3H3;/q-2;/i4D,8D,9D,24D,25D;. The molecule has 4 heterocycles. The number of hydrogen-bond donors (Lipinski definition) is 0. The minimum Gasteiger partial charge on any atom is 0 e. The Bertz CT molecular complexity index is 5200. The molecule has 0 unspecified atom stereocenters. The number of para-hydroxylation sites is 2. The fourth-order valence-corrected chi connectivity index (χ4v) is 22.5. The molecule has 0 aliphatic rings. The van der Waals surface area contributed by atoms with E-state index in [0.29, 0.717) is 28.3 Å². The molecule has 0 saturated heterocycles. The molecule has 0 fully saturated rings. The summed E-state index contributed by atoms with van der Waals surface area (Å²) < 4.78 is 64.8. The largest absolute Gasteiger partial charge is 0 e. The Morgan fingerprint density at radius 1 is 0.494 bits per heavy atom. The van der Waals surface area contributed by atoms with E-state index in [9.17, 15) is 5.48 Å². The van der Waals surface area contributed by atoms with E-state index in [2.05, 4.69) is 236 Å². The van der Waals surface area contributed by atoms with E-state index < -0.39 is 31.4 Å². The Morgan fingerprint density at radius 3 is 1.71 bits per heavy atom. The first-order valence-electron chi connectivity index (χ1n) is 30.1. The molecule has 5 nitrogen and oxygen atoms in total. The van der Waals surface area contributed by atoms with Gasteiger partial charge in [0.2, 0.25) is 0 Å². The monoisotopic (exact) mass is 1310 g/mol. The quantitative estimate of drug-likeness (QED) is 0.0820. The van der Waals surface area contributed by atoms with Gasteiger partial charge < -0.3 is 4.57 Å². The molecule has 0 spiro atoms. The van der Waals surface area contributed by atoms with Crippen LogP contribution in [0.25, 0.3) is 93.3 Å². The summed E-state index contributed by atoms with van der Waals surface area (Å²) in [6.07, 6.45) is 5.74. The third kappa shape index (κ3) is 8.72. The third-order valence-electron chi connectivity index (χ3n) is 16.2. The number of pyridine rings is 1. The van der Waals surface area contributed by atoms with Gasteiger partial charge in [-0.15, -0.1) is 17.5 Å². The molecule has 0 aliphatic carbocycles. The molecule has 15 rings (SSSR count). The van der Waals surface area contributed by atoms with Crippen LogP contribution in [0.5, 0.6) is 11.5 Å². The van der Waals surface area contributed by atoms with Crippen molar-refractivity contribution in [2.75, 3.05) is 0 Å². The fourth-order valence-electron chi connectivity index (χ4n) is 12.5. The van der Waals surface area contributed by atoms with Gasteiger partial charge in [0.15, 0.2) is 0 Å². The van der Waals surface area contributed by atoms with E-state index in [1.54, 1.807) is 0 Å². The zero-order valence-corrected chi connectivity index (χ0v) is 50.0. The Kier molecular flexibility index (Phi) is 11.8. The summed E-state index contributed by atoms with van der Waals surface area (Å²) in [6.45, 7) is 6.61. The molecule has 7 heteroatoms. The fraction of sp³-hybridized carbons (Fsp3) is 0.0526. The van der Waals surface area contributed by atoms with Crippen molar-refractivity contribution >= 4 is 102 Å². The second-order valence-corrected chi connectivity index (χ2v) is 29.9. The van der Waals surface area contributed by atoms with Gasteiger partial charge in [0.25, 0.3) is 0 Å². The van der Waals surface area contributed by atoms with Crippen LogP contribution in [0.15, 0.2) is 273 Å². The zero-order valence-electron chi connectivity index (χ0n) is 50.6. The molecule has 11 aromatic carbocycles. The number of nitrogens with zero attached hydrogens (tertiary/aromatic N) is 4. The maximum atomic E-state index is 9.90. The summed E-state index contributed by atoms with van der Waals surface area (Å²) in [4.78, 5) is 4.90. The van der Waals surface area contributed by atoms with Crippen molar-refractivity contribution in [1.29, 1.82) is 0 Å². The minimum absolute atomic E-state index is 0. The number of benzene rings is 11. The summed E-state index contributed by atoms with van der Waals surface area (Å²) in [5.41, 5.74) is 6.30. The van der Waals surface area contributed by atoms with Crippen LogP contribution in [0.4, 0.5) is 0 Å². The predicted octanol–water partition coefficient (Wildman–Crippen LogP) is 15.4. The molecule has 0 bridgehead atoms. The van der Waals surface area contributed by atoms with Gasteiger partial charge in [-0.2, -0.15) is 6.07 Å². The Labute approximate surface area is 506 Å². The molecule has 4 aromatic heterocycles. The van der Waals surface area contributed by atoms with Gasteiger partial charge in [0, 0.05) is 32.8 Å². The number of aromatic nitrogens is 4. The first-order chi connectivity index (χ1) is 42.4. The summed E-state index contributed by atoms with van der Waals surface area (Å²) in [5.74, 6) is 1.74. The number of hydrogen-bond acceptors (Lipinski definition) is 2. The van der Waals surface area contributed by atoms with Crippen LogP contribution in [0, 0.1) is 18.5 Å². The van der Waals surface area contributed by atoms with Crippen LogP contribution in [0.3, 0.4) is 0 Å². The van der Waals surface area contributed by atoms with Gasteiger partial charge in [0.1, 0.15) is 5.82 Å². The van der Waals surface area contributed by atoms with Crippen molar-refractivity contribution in [1.82, 2.24) is 14.0 Å². The maximum absolute atomic E-state index is 9.90. The van der Waals surface area contributed by atoms with Gasteiger partial charge in [-0.05, 0) is 34.6 Å². The van der Waals surface area contributed by atoms with Crippen molar-refractivity contribution in [3.05, 3.63) is 297 Å². The third-order valence-corrected chi connectivity index (χ3v) is 26.1. The molecule has 0 aliphatic heterocycles. The smallest absolute Gasteiger partial charge is 0 e. The van der Waals surface area contributed by atoms with Crippen molar-refractivity contribution in [3.8, 4) is 34.1 Å². The van der Waals surface area contributed by atoms with E-state index in [1.165, 1.54) is 18.8 Å². The van der Waals surface area contributed by atoms with Gasteiger partial charge in [-0.25, -0.2) is 4.98 Å². The molecular weight excluding hydrogens is 1250 g/mol. The van der Waals surface area contributed by atoms with E-state index in [1.807, 2.05) is 59.3 Å². The van der Waals surface area contributed by atoms with Crippen LogP contribution in [0.1, 0.15) is 33.2 Å². The molecular formula is C76H54GeN4OPt-2. The van der Waals surface area contributed by atoms with Crippen LogP contribution in [0.2, 0.25) is 0 Å². The molecule has 0 radical (unpaired) electrons. The SMILES string of the molecule is [2H]c1c([2H])c([2H])c(-c2c[c]([Ge]([c]3ccccc3)([c]3ccccc3)[c]3ccccc3)cc3c4ccccc4c4ccccc4c4cccc5c4n([c-][n+]5-c4[c-]c(Oc5[c-]c6c(cc5)c5ccccc5n6-c5cc(C(C)(C)C)ccn5)ccc4)c23)c([2H])c1[2H].[Pt]. The molecule has 0 N–H and O–H groups in total. The molecule has 0 saturated carbocycles. The second kappa shape index (κ2) is 21.0. The topological polar surface area (TPSA) is 35.3 Å². The Hall–Kier alpha value is -9.13. The van der Waals surface area contributed by atoms with Crippen LogP contribution >= 0.6 is 0 Å². The summed E-state index contributed by atoms with van der Waals surface area (Å²) in [6, 6.07) is 87.5. The summed E-state index contributed by atoms with van der Waals surface area (Å²) in [5, 5.41) is 7.71. The van der Waals surface area contributed by atoms with Crippen molar-refractivity contribution in [2.45, 2.75) is 26.2 Å². The molecule has 400 valence electrons. The van der Waals surface area contributed by atoms with Crippen LogP contribution < -0.4 is 26.9 Å². The second-order valence-electron chi connectivity index (χ2n) is 21.9. The van der Waals surface area contributed by atoms with Gasteiger partial charge in [-0.1, -0.05) is 44.5 Å². The van der Waals surface area contributed by atoms with E-state index in [0.717, 1.165) is 75.4 Å². The van der Waals surface area contributed by atoms with E-state index >= 15 is 0 Å². The van der Waals surface area contributed by atoms with Gasteiger partial charge in [0.05, 0.1) is 0 Å². The van der Waals surface area contributed by atoms with Crippen molar-refractivity contribution in [3.63, 3.8) is 0 Å². The van der Waals surface area contributed by atoms with Gasteiger partial charge >= 0.3 is 359 Å².